The van der Waals surface area contributed by atoms with Crippen molar-refractivity contribution in [2.45, 2.75) is 25.0 Å². The Bertz CT molecular complexity index is 664. The van der Waals surface area contributed by atoms with E-state index in [1.54, 1.807) is 4.31 Å². The van der Waals surface area contributed by atoms with Crippen LogP contribution < -0.4 is 0 Å². The fourth-order valence-electron chi connectivity index (χ4n) is 3.48. The molecule has 1 aromatic rings. The van der Waals surface area contributed by atoms with Crippen LogP contribution in [0.25, 0.3) is 0 Å². The number of piperidine rings is 1. The summed E-state index contributed by atoms with van der Waals surface area (Å²) in [4.78, 5) is 16.4. The zero-order valence-corrected chi connectivity index (χ0v) is 15.5. The highest BCUT2D eigenvalue weighted by Crippen LogP contribution is 2.14. The molecular weight excluding hydrogens is 338 g/mol. The topological polar surface area (TPSA) is 60.9 Å². The van der Waals surface area contributed by atoms with Gasteiger partial charge in [0.2, 0.25) is 15.9 Å². The van der Waals surface area contributed by atoms with Crippen LogP contribution in [0.3, 0.4) is 0 Å². The fourth-order valence-corrected chi connectivity index (χ4v) is 4.99. The maximum absolute atomic E-state index is 12.6. The zero-order chi connectivity index (χ0) is 17.7. The van der Waals surface area contributed by atoms with Crippen molar-refractivity contribution >= 4 is 15.9 Å². The van der Waals surface area contributed by atoms with Crippen molar-refractivity contribution in [3.8, 4) is 0 Å². The standard InChI is InChI=1S/C18H27N3O3S/c22-18(20-9-5-2-6-10-20)15-19-11-13-21(14-12-19)25(23,24)16-17-7-3-1-4-8-17/h1,3-4,7-8H,2,5-6,9-16H2. The van der Waals surface area contributed by atoms with E-state index in [4.69, 9.17) is 0 Å². The Kier molecular flexibility index (Phi) is 6.09. The molecular formula is C18H27N3O3S. The van der Waals surface area contributed by atoms with Gasteiger partial charge in [-0.3, -0.25) is 9.69 Å². The van der Waals surface area contributed by atoms with Crippen molar-refractivity contribution in [2.75, 3.05) is 45.8 Å². The van der Waals surface area contributed by atoms with E-state index in [9.17, 15) is 13.2 Å². The Hall–Kier alpha value is -1.44. The molecule has 3 rings (SSSR count). The molecule has 2 aliphatic rings. The van der Waals surface area contributed by atoms with Crippen LogP contribution in [-0.2, 0) is 20.6 Å². The highest BCUT2D eigenvalue weighted by atomic mass is 32.2. The lowest BCUT2D eigenvalue weighted by Crippen LogP contribution is -2.52. The third-order valence-corrected chi connectivity index (χ3v) is 6.83. The summed E-state index contributed by atoms with van der Waals surface area (Å²) in [5.41, 5.74) is 0.810. The van der Waals surface area contributed by atoms with Gasteiger partial charge in [-0.2, -0.15) is 4.31 Å². The van der Waals surface area contributed by atoms with Crippen LogP contribution in [0.15, 0.2) is 30.3 Å². The maximum Gasteiger partial charge on any atom is 0.236 e. The Morgan fingerprint density at radius 1 is 0.880 bits per heavy atom. The van der Waals surface area contributed by atoms with Crippen molar-refractivity contribution in [3.05, 3.63) is 35.9 Å². The highest BCUT2D eigenvalue weighted by molar-refractivity contribution is 7.88. The Balaban J connectivity index is 1.48. The second-order valence-electron chi connectivity index (χ2n) is 6.86. The van der Waals surface area contributed by atoms with Gasteiger partial charge in [-0.05, 0) is 24.8 Å². The van der Waals surface area contributed by atoms with E-state index < -0.39 is 10.0 Å². The van der Waals surface area contributed by atoms with E-state index in [0.717, 1.165) is 31.5 Å². The molecule has 0 aromatic heterocycles. The minimum atomic E-state index is -3.30. The monoisotopic (exact) mass is 365 g/mol. The van der Waals surface area contributed by atoms with Gasteiger partial charge in [0, 0.05) is 39.3 Å². The van der Waals surface area contributed by atoms with Crippen molar-refractivity contribution in [2.24, 2.45) is 0 Å². The quantitative estimate of drug-likeness (QED) is 0.785. The normalized spacial score (nSPS) is 20.6. The van der Waals surface area contributed by atoms with Crippen LogP contribution in [0.5, 0.6) is 0 Å². The summed E-state index contributed by atoms with van der Waals surface area (Å²) in [6.45, 7) is 4.30. The van der Waals surface area contributed by atoms with Crippen LogP contribution in [0, 0.1) is 0 Å². The van der Waals surface area contributed by atoms with Crippen LogP contribution in [0.2, 0.25) is 0 Å². The van der Waals surface area contributed by atoms with Gasteiger partial charge in [0.15, 0.2) is 0 Å². The van der Waals surface area contributed by atoms with E-state index in [2.05, 4.69) is 4.90 Å². The lowest BCUT2D eigenvalue weighted by atomic mass is 10.1. The summed E-state index contributed by atoms with van der Waals surface area (Å²) in [5, 5.41) is 0. The van der Waals surface area contributed by atoms with Crippen molar-refractivity contribution < 1.29 is 13.2 Å². The van der Waals surface area contributed by atoms with Crippen molar-refractivity contribution in [1.82, 2.24) is 14.1 Å². The predicted molar refractivity (Wildman–Crippen MR) is 97.5 cm³/mol. The van der Waals surface area contributed by atoms with E-state index >= 15 is 0 Å². The first-order valence-electron chi connectivity index (χ1n) is 9.06. The summed E-state index contributed by atoms with van der Waals surface area (Å²) in [7, 11) is -3.30. The number of likely N-dealkylation sites (tertiary alicyclic amines) is 1. The summed E-state index contributed by atoms with van der Waals surface area (Å²) >= 11 is 0. The number of amides is 1. The minimum Gasteiger partial charge on any atom is -0.342 e. The average molecular weight is 365 g/mol. The van der Waals surface area contributed by atoms with Crippen molar-refractivity contribution in [3.63, 3.8) is 0 Å². The molecule has 138 valence electrons. The molecule has 1 amide bonds. The summed E-state index contributed by atoms with van der Waals surface area (Å²) in [6.07, 6.45) is 3.40. The van der Waals surface area contributed by atoms with Crippen molar-refractivity contribution in [1.29, 1.82) is 0 Å². The molecule has 25 heavy (non-hydrogen) atoms. The van der Waals surface area contributed by atoms with Gasteiger partial charge in [0.1, 0.15) is 0 Å². The van der Waals surface area contributed by atoms with Crippen LogP contribution in [0.1, 0.15) is 24.8 Å². The first-order chi connectivity index (χ1) is 12.0. The SMILES string of the molecule is O=C(CN1CCN(S(=O)(=O)Cc2ccccc2)CC1)N1CCCCC1. The van der Waals surface area contributed by atoms with Gasteiger partial charge in [-0.15, -0.1) is 0 Å². The number of hydrogen-bond acceptors (Lipinski definition) is 4. The molecule has 7 heteroatoms. The Labute approximate surface area is 150 Å². The molecule has 6 nitrogen and oxygen atoms in total. The molecule has 2 fully saturated rings. The molecule has 2 heterocycles. The minimum absolute atomic E-state index is 0.0422. The molecule has 0 saturated carbocycles. The van der Waals surface area contributed by atoms with Gasteiger partial charge >= 0.3 is 0 Å². The molecule has 0 spiro atoms. The smallest absolute Gasteiger partial charge is 0.236 e. The number of benzene rings is 1. The summed E-state index contributed by atoms with van der Waals surface area (Å²) < 4.78 is 26.7. The number of carbonyl (C=O) groups is 1. The third kappa shape index (κ3) is 5.03. The van der Waals surface area contributed by atoms with Gasteiger partial charge < -0.3 is 4.90 Å². The second kappa shape index (κ2) is 8.29. The highest BCUT2D eigenvalue weighted by Gasteiger charge is 2.28. The van der Waals surface area contributed by atoms with E-state index in [1.165, 1.54) is 6.42 Å². The van der Waals surface area contributed by atoms with E-state index in [0.29, 0.717) is 32.7 Å². The lowest BCUT2D eigenvalue weighted by molar-refractivity contribution is -0.133. The zero-order valence-electron chi connectivity index (χ0n) is 14.6. The van der Waals surface area contributed by atoms with Crippen LogP contribution >= 0.6 is 0 Å². The number of rotatable bonds is 5. The number of carbonyl (C=O) groups excluding carboxylic acids is 1. The van der Waals surface area contributed by atoms with Gasteiger partial charge in [-0.1, -0.05) is 30.3 Å². The summed E-state index contributed by atoms with van der Waals surface area (Å²) in [5.74, 6) is 0.223. The maximum atomic E-state index is 12.6. The number of sulfonamides is 1. The van der Waals surface area contributed by atoms with E-state index in [1.807, 2.05) is 35.2 Å². The molecule has 0 aliphatic carbocycles. The number of piperazine rings is 1. The predicted octanol–water partition coefficient (Wildman–Crippen LogP) is 1.15. The lowest BCUT2D eigenvalue weighted by Gasteiger charge is -2.35. The first-order valence-corrected chi connectivity index (χ1v) is 10.7. The molecule has 0 atom stereocenters. The molecule has 2 saturated heterocycles. The fraction of sp³-hybridized carbons (Fsp3) is 0.611. The molecule has 0 N–H and O–H groups in total. The molecule has 1 aromatic carbocycles. The molecule has 0 unspecified atom stereocenters. The Morgan fingerprint density at radius 2 is 1.52 bits per heavy atom. The summed E-state index contributed by atoms with van der Waals surface area (Å²) in [6, 6.07) is 9.27. The number of nitrogens with zero attached hydrogens (tertiary/aromatic N) is 3. The first kappa shape index (κ1) is 18.4. The average Bonchev–Trinajstić information content (AvgIpc) is 2.63. The second-order valence-corrected chi connectivity index (χ2v) is 8.83. The largest absolute Gasteiger partial charge is 0.342 e. The third-order valence-electron chi connectivity index (χ3n) is 4.98. The molecule has 0 bridgehead atoms. The Morgan fingerprint density at radius 3 is 2.16 bits per heavy atom. The molecule has 2 aliphatic heterocycles. The van der Waals surface area contributed by atoms with Gasteiger partial charge in [-0.25, -0.2) is 8.42 Å². The van der Waals surface area contributed by atoms with Gasteiger partial charge in [0.25, 0.3) is 0 Å². The van der Waals surface area contributed by atoms with Crippen LogP contribution in [-0.4, -0.2) is 74.2 Å². The van der Waals surface area contributed by atoms with E-state index in [-0.39, 0.29) is 11.7 Å². The molecule has 0 radical (unpaired) electrons. The van der Waals surface area contributed by atoms with Gasteiger partial charge in [0.05, 0.1) is 12.3 Å². The number of hydrogen-bond donors (Lipinski definition) is 0. The van der Waals surface area contributed by atoms with Crippen LogP contribution in [0.4, 0.5) is 0 Å².